The molecular formula is C64H98O7. The highest BCUT2D eigenvalue weighted by Crippen LogP contribution is 2.41. The van der Waals surface area contributed by atoms with Crippen LogP contribution < -0.4 is 28.4 Å². The number of hydrogen-bond acceptors (Lipinski definition) is 7. The van der Waals surface area contributed by atoms with Gasteiger partial charge < -0.3 is 33.5 Å². The molecule has 4 aromatic rings. The first-order valence-electron chi connectivity index (χ1n) is 28.9. The van der Waals surface area contributed by atoms with E-state index in [2.05, 4.69) is 32.9 Å². The molecule has 0 aliphatic rings. The number of benzene rings is 4. The van der Waals surface area contributed by atoms with Crippen LogP contribution in [-0.4, -0.2) is 24.9 Å². The SMILES string of the molecule is CCCCCCCCCCCCOc1ccc(COc2cc(CO)cc(OCc3ccc(OCCCCCCCCCCCC)cc3)c2OCc2ccc(OCCCCCCCCCCCC)cc2)cc1. The van der Waals surface area contributed by atoms with Crippen molar-refractivity contribution in [2.45, 2.75) is 240 Å². The number of unbranched alkanes of at least 4 members (excludes halogenated alkanes) is 27. The molecule has 0 heterocycles. The van der Waals surface area contributed by atoms with Crippen LogP contribution in [0.15, 0.2) is 84.9 Å². The van der Waals surface area contributed by atoms with Crippen molar-refractivity contribution in [2.75, 3.05) is 19.8 Å². The van der Waals surface area contributed by atoms with Crippen molar-refractivity contribution in [3.63, 3.8) is 0 Å². The Kier molecular flexibility index (Phi) is 33.5. The van der Waals surface area contributed by atoms with E-state index in [-0.39, 0.29) is 6.61 Å². The second kappa shape index (κ2) is 40.2. The Labute approximate surface area is 433 Å². The van der Waals surface area contributed by atoms with Crippen molar-refractivity contribution >= 4 is 0 Å². The molecule has 0 amide bonds. The zero-order valence-electron chi connectivity index (χ0n) is 45.1. The maximum absolute atomic E-state index is 10.4. The van der Waals surface area contributed by atoms with Crippen molar-refractivity contribution in [2.24, 2.45) is 0 Å². The minimum Gasteiger partial charge on any atom is -0.494 e. The first-order chi connectivity index (χ1) is 35.1. The first kappa shape index (κ1) is 59.2. The van der Waals surface area contributed by atoms with E-state index in [0.717, 1.165) is 73.0 Å². The number of hydrogen-bond donors (Lipinski definition) is 1. The fourth-order valence-electron chi connectivity index (χ4n) is 8.94. The van der Waals surface area contributed by atoms with Gasteiger partial charge in [-0.1, -0.05) is 231 Å². The Morgan fingerprint density at radius 2 is 0.535 bits per heavy atom. The molecule has 396 valence electrons. The lowest BCUT2D eigenvalue weighted by molar-refractivity contribution is 0.226. The Hall–Kier alpha value is -4.36. The maximum Gasteiger partial charge on any atom is 0.203 e. The molecule has 71 heavy (non-hydrogen) atoms. The zero-order chi connectivity index (χ0) is 50.1. The molecule has 0 unspecified atom stereocenters. The topological polar surface area (TPSA) is 75.6 Å². The van der Waals surface area contributed by atoms with Crippen molar-refractivity contribution in [1.29, 1.82) is 0 Å². The quantitative estimate of drug-likeness (QED) is 0.0442. The molecule has 0 radical (unpaired) electrons. The second-order valence-corrected chi connectivity index (χ2v) is 20.0. The van der Waals surface area contributed by atoms with Gasteiger partial charge in [0, 0.05) is 0 Å². The lowest BCUT2D eigenvalue weighted by atomic mass is 10.1. The molecular weight excluding hydrogens is 881 g/mol. The fourth-order valence-corrected chi connectivity index (χ4v) is 8.94. The summed E-state index contributed by atoms with van der Waals surface area (Å²) >= 11 is 0. The fraction of sp³-hybridized carbons (Fsp3) is 0.625. The molecule has 0 aromatic heterocycles. The molecule has 0 saturated heterocycles. The summed E-state index contributed by atoms with van der Waals surface area (Å²) < 4.78 is 37.9. The van der Waals surface area contributed by atoms with Crippen molar-refractivity contribution in [3.8, 4) is 34.5 Å². The normalized spacial score (nSPS) is 11.2. The van der Waals surface area contributed by atoms with E-state index in [1.54, 1.807) is 0 Å². The Bertz CT molecular complexity index is 1750. The number of ether oxygens (including phenoxy) is 6. The van der Waals surface area contributed by atoms with E-state index in [1.165, 1.54) is 173 Å². The minimum absolute atomic E-state index is 0.163. The highest BCUT2D eigenvalue weighted by atomic mass is 16.5. The van der Waals surface area contributed by atoms with E-state index in [0.29, 0.717) is 42.6 Å². The van der Waals surface area contributed by atoms with Gasteiger partial charge in [-0.15, -0.1) is 0 Å². The number of aliphatic hydroxyl groups is 1. The van der Waals surface area contributed by atoms with Crippen LogP contribution in [0.25, 0.3) is 0 Å². The van der Waals surface area contributed by atoms with E-state index in [9.17, 15) is 5.11 Å². The number of rotatable bonds is 46. The first-order valence-corrected chi connectivity index (χ1v) is 28.9. The van der Waals surface area contributed by atoms with E-state index < -0.39 is 0 Å². The van der Waals surface area contributed by atoms with Gasteiger partial charge in [0.2, 0.25) is 5.75 Å². The van der Waals surface area contributed by atoms with Crippen LogP contribution in [-0.2, 0) is 26.4 Å². The molecule has 0 aliphatic heterocycles. The average molecular weight is 979 g/mol. The molecule has 4 rings (SSSR count). The van der Waals surface area contributed by atoms with Gasteiger partial charge >= 0.3 is 0 Å². The Morgan fingerprint density at radius 3 is 0.803 bits per heavy atom. The van der Waals surface area contributed by atoms with Crippen LogP contribution in [0.4, 0.5) is 0 Å². The lowest BCUT2D eigenvalue weighted by Crippen LogP contribution is -2.05. The number of aliphatic hydroxyl groups excluding tert-OH is 1. The maximum atomic E-state index is 10.4. The van der Waals surface area contributed by atoms with Gasteiger partial charge in [-0.2, -0.15) is 0 Å². The molecule has 0 atom stereocenters. The van der Waals surface area contributed by atoms with Crippen LogP contribution in [0.2, 0.25) is 0 Å². The molecule has 4 aromatic carbocycles. The van der Waals surface area contributed by atoms with Gasteiger partial charge in [0.05, 0.1) is 26.4 Å². The molecule has 0 bridgehead atoms. The summed E-state index contributed by atoms with van der Waals surface area (Å²) in [5, 5.41) is 10.4. The molecule has 1 N–H and O–H groups in total. The van der Waals surface area contributed by atoms with Gasteiger partial charge in [0.1, 0.15) is 37.1 Å². The van der Waals surface area contributed by atoms with Crippen molar-refractivity contribution < 1.29 is 33.5 Å². The van der Waals surface area contributed by atoms with Gasteiger partial charge in [0.25, 0.3) is 0 Å². The highest BCUT2D eigenvalue weighted by molar-refractivity contribution is 5.54. The monoisotopic (exact) mass is 979 g/mol. The summed E-state index contributed by atoms with van der Waals surface area (Å²) in [4.78, 5) is 0. The van der Waals surface area contributed by atoms with Crippen LogP contribution in [0, 0.1) is 0 Å². The van der Waals surface area contributed by atoms with Crippen LogP contribution in [0.1, 0.15) is 236 Å². The Balaban J connectivity index is 1.30. The summed E-state index contributed by atoms with van der Waals surface area (Å²) in [6.07, 6.45) is 39.2. The van der Waals surface area contributed by atoms with Crippen LogP contribution in [0.5, 0.6) is 34.5 Å². The lowest BCUT2D eigenvalue weighted by Gasteiger charge is -2.19. The molecule has 0 fully saturated rings. The largest absolute Gasteiger partial charge is 0.494 e. The zero-order valence-corrected chi connectivity index (χ0v) is 45.1. The smallest absolute Gasteiger partial charge is 0.203 e. The van der Waals surface area contributed by atoms with Crippen molar-refractivity contribution in [1.82, 2.24) is 0 Å². The minimum atomic E-state index is -0.163. The second-order valence-electron chi connectivity index (χ2n) is 20.0. The molecule has 7 heteroatoms. The summed E-state index contributed by atoms with van der Waals surface area (Å²) in [5.41, 5.74) is 3.69. The van der Waals surface area contributed by atoms with Crippen molar-refractivity contribution in [3.05, 3.63) is 107 Å². The standard InChI is InChI=1S/C64H98O7/c1-4-7-10-13-16-19-22-25-28-31-46-66-59-40-34-55(35-41-59)52-69-62-49-58(51-65)50-63(70-53-56-36-42-60(43-37-56)67-47-32-29-26-23-20-17-14-11-8-5-2)64(62)71-54-57-38-44-61(45-39-57)68-48-33-30-27-24-21-18-15-12-9-6-3/h34-45,49-50,65H,4-33,46-48,51-54H2,1-3H3. The summed E-state index contributed by atoms with van der Waals surface area (Å²) in [7, 11) is 0. The van der Waals surface area contributed by atoms with Gasteiger partial charge in [-0.3, -0.25) is 0 Å². The van der Waals surface area contributed by atoms with E-state index >= 15 is 0 Å². The van der Waals surface area contributed by atoms with Crippen LogP contribution >= 0.6 is 0 Å². The summed E-state index contributed by atoms with van der Waals surface area (Å²) in [6.45, 7) is 9.79. The van der Waals surface area contributed by atoms with Gasteiger partial charge in [-0.05, 0) is 90.0 Å². The van der Waals surface area contributed by atoms with Gasteiger partial charge in [-0.25, -0.2) is 0 Å². The summed E-state index contributed by atoms with van der Waals surface area (Å²) in [5.74, 6) is 4.14. The third-order valence-corrected chi connectivity index (χ3v) is 13.5. The Morgan fingerprint density at radius 1 is 0.282 bits per heavy atom. The molecule has 0 spiro atoms. The molecule has 7 nitrogen and oxygen atoms in total. The van der Waals surface area contributed by atoms with E-state index in [4.69, 9.17) is 28.4 Å². The van der Waals surface area contributed by atoms with E-state index in [1.807, 2.05) is 72.8 Å². The predicted octanol–water partition coefficient (Wildman–Crippen LogP) is 18.8. The third kappa shape index (κ3) is 27.9. The van der Waals surface area contributed by atoms with Gasteiger partial charge in [0.15, 0.2) is 11.5 Å². The highest BCUT2D eigenvalue weighted by Gasteiger charge is 2.17. The molecule has 0 saturated carbocycles. The average Bonchev–Trinajstić information content (AvgIpc) is 3.40. The predicted molar refractivity (Wildman–Crippen MR) is 297 cm³/mol. The molecule has 0 aliphatic carbocycles. The van der Waals surface area contributed by atoms with Crippen LogP contribution in [0.3, 0.4) is 0 Å². The third-order valence-electron chi connectivity index (χ3n) is 13.5. The summed E-state index contributed by atoms with van der Waals surface area (Å²) in [6, 6.07) is 28.1.